The number of hydrogen-bond donors (Lipinski definition) is 2. The zero-order valence-electron chi connectivity index (χ0n) is 17.3. The quantitative estimate of drug-likeness (QED) is 0.338. The highest BCUT2D eigenvalue weighted by Gasteiger charge is 2.18. The molecule has 0 atom stereocenters. The number of nitrogens with one attached hydrogen (secondary N) is 2. The number of hydrazone groups is 1. The minimum atomic E-state index is -0.515. The number of hydrogen-bond acceptors (Lipinski definition) is 5. The number of aryl methyl sites for hydroxylation is 3. The Morgan fingerprint density at radius 1 is 1.16 bits per heavy atom. The molecule has 0 spiro atoms. The van der Waals surface area contributed by atoms with Gasteiger partial charge in [-0.2, -0.15) is 10.1 Å². The molecule has 0 aliphatic heterocycles. The fourth-order valence-corrected chi connectivity index (χ4v) is 3.59. The fraction of sp³-hybridized carbons (Fsp3) is 0.182. The first-order chi connectivity index (χ1) is 14.8. The lowest BCUT2D eigenvalue weighted by Gasteiger charge is -2.11. The van der Waals surface area contributed by atoms with Crippen molar-refractivity contribution in [3.05, 3.63) is 90.0 Å². The van der Waals surface area contributed by atoms with E-state index in [0.29, 0.717) is 23.7 Å². The van der Waals surface area contributed by atoms with Crippen LogP contribution in [0.4, 0.5) is 5.95 Å². The average molecular weight is 481 g/mol. The van der Waals surface area contributed by atoms with E-state index in [0.717, 1.165) is 26.7 Å². The van der Waals surface area contributed by atoms with Crippen LogP contribution in [0.5, 0.6) is 0 Å². The summed E-state index contributed by atoms with van der Waals surface area (Å²) in [6.45, 7) is 4.45. The second-order valence-corrected chi connectivity index (χ2v) is 8.28. The molecule has 0 saturated carbocycles. The Labute approximate surface area is 186 Å². The van der Waals surface area contributed by atoms with Crippen LogP contribution in [0.2, 0.25) is 0 Å². The number of rotatable bonds is 5. The van der Waals surface area contributed by atoms with Crippen molar-refractivity contribution in [3.8, 4) is 0 Å². The maximum Gasteiger partial charge on any atom is 0.329 e. The molecule has 0 unspecified atom stereocenters. The lowest BCUT2D eigenvalue weighted by Crippen LogP contribution is -2.29. The standard InChI is InChI=1S/C22H21BrN6O2/c1-13-4-5-14(2)16(10-13)12-29-18-19(28(3)22(31)26-20(18)30)25-21(29)27-24-11-15-6-8-17(23)9-7-15/h4-11H,12H2,1-3H3,(H,25,27)(H,26,30,31)/b24-11-. The van der Waals surface area contributed by atoms with Crippen LogP contribution >= 0.6 is 15.9 Å². The summed E-state index contributed by atoms with van der Waals surface area (Å²) in [4.78, 5) is 31.6. The van der Waals surface area contributed by atoms with Gasteiger partial charge >= 0.3 is 5.69 Å². The number of fused-ring (bicyclic) bond motifs is 1. The third kappa shape index (κ3) is 4.22. The van der Waals surface area contributed by atoms with Crippen molar-refractivity contribution in [1.82, 2.24) is 19.1 Å². The van der Waals surface area contributed by atoms with Crippen molar-refractivity contribution in [2.24, 2.45) is 12.1 Å². The largest absolute Gasteiger partial charge is 0.329 e. The summed E-state index contributed by atoms with van der Waals surface area (Å²) in [5, 5.41) is 4.29. The summed E-state index contributed by atoms with van der Waals surface area (Å²) < 4.78 is 4.04. The second kappa shape index (κ2) is 8.35. The van der Waals surface area contributed by atoms with Gasteiger partial charge in [0.1, 0.15) is 0 Å². The second-order valence-electron chi connectivity index (χ2n) is 7.36. The van der Waals surface area contributed by atoms with Gasteiger partial charge in [0.15, 0.2) is 11.2 Å². The number of halogens is 1. The van der Waals surface area contributed by atoms with Gasteiger partial charge in [-0.1, -0.05) is 51.8 Å². The van der Waals surface area contributed by atoms with Crippen molar-refractivity contribution < 1.29 is 0 Å². The Balaban J connectivity index is 1.80. The maximum atomic E-state index is 12.7. The van der Waals surface area contributed by atoms with Crippen LogP contribution in [0.25, 0.3) is 11.2 Å². The first kappa shape index (κ1) is 20.8. The summed E-state index contributed by atoms with van der Waals surface area (Å²) in [5.41, 5.74) is 6.70. The zero-order valence-corrected chi connectivity index (χ0v) is 18.9. The molecule has 0 fully saturated rings. The molecule has 2 aromatic heterocycles. The first-order valence-electron chi connectivity index (χ1n) is 9.64. The van der Waals surface area contributed by atoms with Crippen LogP contribution in [-0.2, 0) is 13.6 Å². The molecule has 0 radical (unpaired) electrons. The lowest BCUT2D eigenvalue weighted by molar-refractivity contribution is 0.804. The van der Waals surface area contributed by atoms with E-state index in [2.05, 4.69) is 42.5 Å². The normalized spacial score (nSPS) is 11.5. The molecule has 0 amide bonds. The number of imidazole rings is 1. The molecule has 158 valence electrons. The molecule has 4 aromatic rings. The number of aromatic nitrogens is 4. The molecule has 2 heterocycles. The molecule has 4 rings (SSSR count). The van der Waals surface area contributed by atoms with E-state index in [1.54, 1.807) is 17.8 Å². The van der Waals surface area contributed by atoms with Gasteiger partial charge in [0.05, 0.1) is 12.8 Å². The van der Waals surface area contributed by atoms with Crippen molar-refractivity contribution in [2.75, 3.05) is 5.43 Å². The molecule has 0 bridgehead atoms. The van der Waals surface area contributed by atoms with Crippen LogP contribution in [-0.4, -0.2) is 25.3 Å². The minimum Gasteiger partial charge on any atom is -0.298 e. The number of nitrogens with zero attached hydrogens (tertiary/aromatic N) is 4. The van der Waals surface area contributed by atoms with E-state index >= 15 is 0 Å². The lowest BCUT2D eigenvalue weighted by atomic mass is 10.1. The number of benzene rings is 2. The van der Waals surface area contributed by atoms with Gasteiger partial charge in [0, 0.05) is 11.5 Å². The third-order valence-electron chi connectivity index (χ3n) is 5.09. The van der Waals surface area contributed by atoms with Crippen LogP contribution in [0.15, 0.2) is 61.6 Å². The van der Waals surface area contributed by atoms with Crippen molar-refractivity contribution in [1.29, 1.82) is 0 Å². The van der Waals surface area contributed by atoms with E-state index in [1.165, 1.54) is 4.57 Å². The Bertz CT molecular complexity index is 1410. The summed E-state index contributed by atoms with van der Waals surface area (Å²) in [7, 11) is 1.57. The van der Waals surface area contributed by atoms with Crippen LogP contribution in [0, 0.1) is 13.8 Å². The van der Waals surface area contributed by atoms with Crippen LogP contribution in [0.1, 0.15) is 22.3 Å². The summed E-state index contributed by atoms with van der Waals surface area (Å²) in [6.07, 6.45) is 1.66. The highest BCUT2D eigenvalue weighted by atomic mass is 79.9. The van der Waals surface area contributed by atoms with E-state index in [4.69, 9.17) is 0 Å². The Morgan fingerprint density at radius 3 is 2.65 bits per heavy atom. The molecule has 9 heteroatoms. The molecular weight excluding hydrogens is 460 g/mol. The molecular formula is C22H21BrN6O2. The topological polar surface area (TPSA) is 97.1 Å². The van der Waals surface area contributed by atoms with E-state index in [1.807, 2.05) is 50.2 Å². The molecule has 2 aromatic carbocycles. The number of anilines is 1. The third-order valence-corrected chi connectivity index (χ3v) is 5.62. The molecule has 31 heavy (non-hydrogen) atoms. The predicted octanol–water partition coefficient (Wildman–Crippen LogP) is 3.30. The Kier molecular flexibility index (Phi) is 5.60. The van der Waals surface area contributed by atoms with Crippen LogP contribution < -0.4 is 16.7 Å². The van der Waals surface area contributed by atoms with Crippen LogP contribution in [0.3, 0.4) is 0 Å². The van der Waals surface area contributed by atoms with Gasteiger partial charge < -0.3 is 0 Å². The van der Waals surface area contributed by atoms with E-state index in [9.17, 15) is 9.59 Å². The number of H-pyrrole nitrogens is 1. The SMILES string of the molecule is Cc1ccc(C)c(Cn2c(N/N=C\c3ccc(Br)cc3)nc3c2c(=O)[nH]c(=O)n3C)c1. The van der Waals surface area contributed by atoms with E-state index in [-0.39, 0.29) is 0 Å². The Morgan fingerprint density at radius 2 is 1.90 bits per heavy atom. The highest BCUT2D eigenvalue weighted by Crippen LogP contribution is 2.20. The summed E-state index contributed by atoms with van der Waals surface area (Å²) in [6, 6.07) is 13.8. The monoisotopic (exact) mass is 480 g/mol. The molecule has 8 nitrogen and oxygen atoms in total. The van der Waals surface area contributed by atoms with Gasteiger partial charge in [0.2, 0.25) is 5.95 Å². The predicted molar refractivity (Wildman–Crippen MR) is 126 cm³/mol. The summed E-state index contributed by atoms with van der Waals surface area (Å²) >= 11 is 3.41. The van der Waals surface area contributed by atoms with Gasteiger partial charge in [-0.05, 0) is 42.7 Å². The van der Waals surface area contributed by atoms with Crippen molar-refractivity contribution in [2.45, 2.75) is 20.4 Å². The van der Waals surface area contributed by atoms with Gasteiger partial charge in [-0.15, -0.1) is 0 Å². The van der Waals surface area contributed by atoms with Gasteiger partial charge in [0.25, 0.3) is 5.56 Å². The fourth-order valence-electron chi connectivity index (χ4n) is 3.33. The maximum absolute atomic E-state index is 12.7. The first-order valence-corrected chi connectivity index (χ1v) is 10.4. The highest BCUT2D eigenvalue weighted by molar-refractivity contribution is 9.10. The van der Waals surface area contributed by atoms with Crippen molar-refractivity contribution in [3.63, 3.8) is 0 Å². The Hall–Kier alpha value is -3.46. The smallest absolute Gasteiger partial charge is 0.298 e. The number of aromatic amines is 1. The molecule has 0 aliphatic rings. The summed E-state index contributed by atoms with van der Waals surface area (Å²) in [5.74, 6) is 0.371. The molecule has 2 N–H and O–H groups in total. The molecule has 0 saturated heterocycles. The zero-order chi connectivity index (χ0) is 22.1. The molecule has 0 aliphatic carbocycles. The van der Waals surface area contributed by atoms with E-state index < -0.39 is 11.2 Å². The van der Waals surface area contributed by atoms with Gasteiger partial charge in [-0.3, -0.25) is 18.9 Å². The van der Waals surface area contributed by atoms with Gasteiger partial charge in [-0.25, -0.2) is 10.2 Å². The van der Waals surface area contributed by atoms with Crippen molar-refractivity contribution >= 4 is 39.3 Å². The minimum absolute atomic E-state index is 0.292. The average Bonchev–Trinajstić information content (AvgIpc) is 3.09.